The van der Waals surface area contributed by atoms with Crippen molar-refractivity contribution >= 4 is 50.5 Å². The zero-order chi connectivity index (χ0) is 30.3. The van der Waals surface area contributed by atoms with E-state index in [0.717, 1.165) is 65.0 Å². The number of hydrogen-bond donors (Lipinski definition) is 0. The van der Waals surface area contributed by atoms with E-state index >= 15 is 0 Å². The fourth-order valence-corrected chi connectivity index (χ4v) is 13.3. The third kappa shape index (κ3) is 24.3. The Morgan fingerprint density at radius 3 is 1.05 bits per heavy atom. The zero-order valence-electron chi connectivity index (χ0n) is 28.2. The lowest BCUT2D eigenvalue weighted by Crippen LogP contribution is -2.43. The van der Waals surface area contributed by atoms with Gasteiger partial charge in [0, 0.05) is 37.9 Å². The Morgan fingerprint density at radius 2 is 0.756 bits per heavy atom. The van der Waals surface area contributed by atoms with Gasteiger partial charge in [-0.1, -0.05) is 127 Å². The summed E-state index contributed by atoms with van der Waals surface area (Å²) in [5.74, 6) is 2.34. The summed E-state index contributed by atoms with van der Waals surface area (Å²) in [6.07, 6.45) is 19.0. The summed E-state index contributed by atoms with van der Waals surface area (Å²) in [5.41, 5.74) is -0.475. The highest BCUT2D eigenvalue weighted by molar-refractivity contribution is 9.09. The summed E-state index contributed by atoms with van der Waals surface area (Å²) in [6.45, 7) is 17.0. The molecule has 0 aliphatic heterocycles. The molecule has 9 heteroatoms. The smallest absolute Gasteiger partial charge is 0.145 e. The molecule has 0 aromatic heterocycles. The highest BCUT2D eigenvalue weighted by atomic mass is 33.5. The first-order valence-corrected chi connectivity index (χ1v) is 24.8. The van der Waals surface area contributed by atoms with Crippen molar-refractivity contribution in [2.45, 2.75) is 167 Å². The van der Waals surface area contributed by atoms with Crippen molar-refractivity contribution in [2.75, 3.05) is 37.9 Å². The molecule has 0 aliphatic carbocycles. The molecule has 0 bridgehead atoms. The third-order valence-corrected chi connectivity index (χ3v) is 16.6. The maximum absolute atomic E-state index is 6.56. The molecule has 0 heterocycles. The first-order chi connectivity index (χ1) is 20.1. The van der Waals surface area contributed by atoms with E-state index in [4.69, 9.17) is 18.9 Å². The van der Waals surface area contributed by atoms with Gasteiger partial charge in [0.2, 0.25) is 0 Å². The minimum atomic E-state index is -0.423. The molecule has 0 rings (SSSR count). The van der Waals surface area contributed by atoms with Crippen LogP contribution < -0.4 is 0 Å². The highest BCUT2D eigenvalue weighted by Crippen LogP contribution is 2.37. The van der Waals surface area contributed by atoms with E-state index in [1.54, 1.807) is 0 Å². The average Bonchev–Trinajstić information content (AvgIpc) is 2.97. The Balaban J connectivity index is 4.67. The molecule has 0 aliphatic rings. The van der Waals surface area contributed by atoms with Crippen LogP contribution in [-0.4, -0.2) is 67.8 Å². The first kappa shape index (κ1) is 42.3. The van der Waals surface area contributed by atoms with Crippen LogP contribution in [0, 0.1) is 0 Å². The van der Waals surface area contributed by atoms with E-state index in [1.165, 1.54) is 87.8 Å². The van der Waals surface area contributed by atoms with Crippen LogP contribution in [0.3, 0.4) is 0 Å². The van der Waals surface area contributed by atoms with Gasteiger partial charge in [0.15, 0.2) is 0 Å². The zero-order valence-corrected chi connectivity index (χ0v) is 33.5. The van der Waals surface area contributed by atoms with Crippen molar-refractivity contribution < 1.29 is 18.9 Å². The lowest BCUT2D eigenvalue weighted by atomic mass is 10.3. The maximum atomic E-state index is 6.56. The SMILES string of the molecule is CCCCOC(CCCSSSCCCC(OCCCC)(OCCCC)[SiH2]CCCC)(OCCCC)[SiH2]CCCC. The van der Waals surface area contributed by atoms with Crippen LogP contribution in [0.1, 0.15) is 144 Å². The van der Waals surface area contributed by atoms with E-state index in [9.17, 15) is 0 Å². The van der Waals surface area contributed by atoms with Crippen molar-refractivity contribution in [3.05, 3.63) is 0 Å². The van der Waals surface area contributed by atoms with Gasteiger partial charge in [0.25, 0.3) is 0 Å². The Kier molecular flexibility index (Phi) is 32.3. The molecule has 0 aromatic carbocycles. The second-order valence-electron chi connectivity index (χ2n) is 11.5. The van der Waals surface area contributed by atoms with Crippen molar-refractivity contribution in [1.82, 2.24) is 0 Å². The summed E-state index contributed by atoms with van der Waals surface area (Å²) in [7, 11) is 5.16. The molecule has 0 aromatic rings. The Morgan fingerprint density at radius 1 is 0.439 bits per heavy atom. The van der Waals surface area contributed by atoms with Gasteiger partial charge in [-0.2, -0.15) is 0 Å². The molecule has 0 unspecified atom stereocenters. The molecule has 0 saturated heterocycles. The van der Waals surface area contributed by atoms with E-state index < -0.39 is 19.0 Å². The summed E-state index contributed by atoms with van der Waals surface area (Å²) in [6, 6.07) is 2.67. The highest BCUT2D eigenvalue weighted by Gasteiger charge is 2.32. The monoisotopic (exact) mass is 670 g/mol. The molecule has 41 heavy (non-hydrogen) atoms. The van der Waals surface area contributed by atoms with Gasteiger partial charge in [-0.3, -0.25) is 0 Å². The molecule has 4 nitrogen and oxygen atoms in total. The van der Waals surface area contributed by atoms with Gasteiger partial charge in [0.05, 0.1) is 19.0 Å². The van der Waals surface area contributed by atoms with Gasteiger partial charge < -0.3 is 18.9 Å². The number of unbranched alkanes of at least 4 members (excludes halogenated alkanes) is 6. The summed E-state index contributed by atoms with van der Waals surface area (Å²) in [5, 5.41) is 0. The van der Waals surface area contributed by atoms with Crippen LogP contribution in [0.5, 0.6) is 0 Å². The average molecular weight is 671 g/mol. The summed E-state index contributed by atoms with van der Waals surface area (Å²) < 4.78 is 26.2. The van der Waals surface area contributed by atoms with Crippen molar-refractivity contribution in [1.29, 1.82) is 0 Å². The molecule has 0 radical (unpaired) electrons. The lowest BCUT2D eigenvalue weighted by molar-refractivity contribution is -0.186. The van der Waals surface area contributed by atoms with Gasteiger partial charge >= 0.3 is 0 Å². The van der Waals surface area contributed by atoms with Gasteiger partial charge in [-0.15, -0.1) is 0 Å². The molecule has 0 spiro atoms. The summed E-state index contributed by atoms with van der Waals surface area (Å²) >= 11 is 0. The van der Waals surface area contributed by atoms with Crippen LogP contribution in [0.25, 0.3) is 0 Å². The lowest BCUT2D eigenvalue weighted by Gasteiger charge is -2.34. The van der Waals surface area contributed by atoms with Crippen molar-refractivity contribution in [3.8, 4) is 0 Å². The van der Waals surface area contributed by atoms with Crippen molar-refractivity contribution in [3.63, 3.8) is 0 Å². The topological polar surface area (TPSA) is 36.9 Å². The minimum absolute atomic E-state index is 0.238. The second-order valence-corrected chi connectivity index (χ2v) is 20.5. The second kappa shape index (κ2) is 31.3. The number of hydrogen-bond acceptors (Lipinski definition) is 7. The molecule has 0 fully saturated rings. The molecular weight excluding hydrogens is 601 g/mol. The minimum Gasteiger partial charge on any atom is -0.354 e. The molecular formula is C32H70O4S3Si2. The van der Waals surface area contributed by atoms with Crippen LogP contribution in [0.2, 0.25) is 12.1 Å². The standard InChI is InChI=1S/C32H70O4S3Si2/c1-7-13-23-33-31(34-24-14-8-2,40-29-17-11-5)21-19-27-37-39-38-28-20-22-32(35-25-15-9-3,36-26-16-10-4)41-30-18-12-6/h7-30,40-41H2,1-6H3. The van der Waals surface area contributed by atoms with Crippen LogP contribution in [-0.2, 0) is 18.9 Å². The van der Waals surface area contributed by atoms with Crippen LogP contribution in [0.15, 0.2) is 0 Å². The maximum Gasteiger partial charge on any atom is 0.145 e. The fourth-order valence-electron chi connectivity index (χ4n) is 4.71. The normalized spacial score (nSPS) is 13.0. The number of ether oxygens (including phenoxy) is 4. The molecule has 248 valence electrons. The number of rotatable bonds is 34. The first-order valence-electron chi connectivity index (χ1n) is 17.5. The molecule has 0 N–H and O–H groups in total. The predicted molar refractivity (Wildman–Crippen MR) is 196 cm³/mol. The largest absolute Gasteiger partial charge is 0.354 e. The van der Waals surface area contributed by atoms with Crippen molar-refractivity contribution in [2.24, 2.45) is 0 Å². The Labute approximate surface area is 273 Å². The predicted octanol–water partition coefficient (Wildman–Crippen LogP) is 9.93. The molecule has 0 amide bonds. The molecule has 0 atom stereocenters. The van der Waals surface area contributed by atoms with E-state index in [1.807, 2.05) is 31.4 Å². The quantitative estimate of drug-likeness (QED) is 0.0292. The Hall–Kier alpha value is 1.32. The third-order valence-electron chi connectivity index (χ3n) is 7.44. The van der Waals surface area contributed by atoms with E-state index in [0.29, 0.717) is 0 Å². The molecule has 0 saturated carbocycles. The fraction of sp³-hybridized carbons (Fsp3) is 1.00. The van der Waals surface area contributed by atoms with Gasteiger partial charge in [0.1, 0.15) is 10.8 Å². The van der Waals surface area contributed by atoms with E-state index in [2.05, 4.69) is 41.5 Å². The Bertz CT molecular complexity index is 438. The van der Waals surface area contributed by atoms with Crippen LogP contribution in [0.4, 0.5) is 0 Å². The van der Waals surface area contributed by atoms with Gasteiger partial charge in [-0.25, -0.2) is 0 Å². The summed E-state index contributed by atoms with van der Waals surface area (Å²) in [4.78, 5) is 0. The van der Waals surface area contributed by atoms with Gasteiger partial charge in [-0.05, 0) is 61.2 Å². The van der Waals surface area contributed by atoms with E-state index in [-0.39, 0.29) is 10.8 Å². The van der Waals surface area contributed by atoms with Crippen LogP contribution >= 0.6 is 31.4 Å².